The molecule has 6 nitrogen and oxygen atoms in total. The van der Waals surface area contributed by atoms with Gasteiger partial charge in [-0.3, -0.25) is 4.90 Å². The first-order valence-electron chi connectivity index (χ1n) is 8.03. The van der Waals surface area contributed by atoms with Crippen molar-refractivity contribution in [2.45, 2.75) is 19.5 Å². The molecule has 1 aromatic carbocycles. The van der Waals surface area contributed by atoms with E-state index in [1.807, 2.05) is 0 Å². The highest BCUT2D eigenvalue weighted by molar-refractivity contribution is 5.89. The van der Waals surface area contributed by atoms with Crippen molar-refractivity contribution in [1.82, 2.24) is 10.2 Å². The van der Waals surface area contributed by atoms with Crippen LogP contribution in [0, 0.1) is 0 Å². The third-order valence-electron chi connectivity index (χ3n) is 3.61. The summed E-state index contributed by atoms with van der Waals surface area (Å²) in [6.07, 6.45) is 1.87. The van der Waals surface area contributed by atoms with E-state index in [4.69, 9.17) is 4.74 Å². The second-order valence-corrected chi connectivity index (χ2v) is 5.45. The smallest absolute Gasteiger partial charge is 0.387 e. The van der Waals surface area contributed by atoms with Gasteiger partial charge in [0.05, 0.1) is 13.2 Å². The summed E-state index contributed by atoms with van der Waals surface area (Å²) in [5, 5.41) is 5.34. The number of halogens is 2. The minimum atomic E-state index is -2.89. The summed E-state index contributed by atoms with van der Waals surface area (Å²) in [6, 6.07) is 5.53. The number of unbranched alkanes of at least 4 members (excludes halogenated alkanes) is 1. The molecule has 8 heteroatoms. The van der Waals surface area contributed by atoms with E-state index in [-0.39, 0.29) is 11.8 Å². The lowest BCUT2D eigenvalue weighted by molar-refractivity contribution is -0.0497. The Bertz CT molecular complexity index is 511. The summed E-state index contributed by atoms with van der Waals surface area (Å²) in [7, 11) is 0. The predicted octanol–water partition coefficient (Wildman–Crippen LogP) is 2.52. The Kier molecular flexibility index (Phi) is 7.70. The monoisotopic (exact) mass is 343 g/mol. The molecule has 0 saturated carbocycles. The van der Waals surface area contributed by atoms with E-state index in [1.165, 1.54) is 18.2 Å². The van der Waals surface area contributed by atoms with Gasteiger partial charge in [0.1, 0.15) is 5.75 Å². The molecular formula is C16H23F2N3O3. The van der Waals surface area contributed by atoms with E-state index >= 15 is 0 Å². The van der Waals surface area contributed by atoms with Gasteiger partial charge in [-0.15, -0.1) is 0 Å². The first-order chi connectivity index (χ1) is 11.6. The molecule has 0 radical (unpaired) electrons. The number of anilines is 1. The number of benzene rings is 1. The van der Waals surface area contributed by atoms with Crippen LogP contribution in [0.4, 0.5) is 19.3 Å². The second kappa shape index (κ2) is 10.0. The molecule has 0 bridgehead atoms. The van der Waals surface area contributed by atoms with Crippen molar-refractivity contribution >= 4 is 11.7 Å². The Morgan fingerprint density at radius 2 is 2.08 bits per heavy atom. The topological polar surface area (TPSA) is 62.8 Å². The average Bonchev–Trinajstić information content (AvgIpc) is 2.55. The average molecular weight is 343 g/mol. The Morgan fingerprint density at radius 3 is 2.83 bits per heavy atom. The zero-order valence-corrected chi connectivity index (χ0v) is 13.5. The predicted molar refractivity (Wildman–Crippen MR) is 86.6 cm³/mol. The van der Waals surface area contributed by atoms with Gasteiger partial charge in [-0.2, -0.15) is 8.78 Å². The number of morpholine rings is 1. The van der Waals surface area contributed by atoms with Gasteiger partial charge in [-0.05, 0) is 31.5 Å². The van der Waals surface area contributed by atoms with Gasteiger partial charge < -0.3 is 20.1 Å². The normalized spacial score (nSPS) is 15.3. The maximum Gasteiger partial charge on any atom is 0.387 e. The van der Waals surface area contributed by atoms with Gasteiger partial charge in [-0.25, -0.2) is 4.79 Å². The number of alkyl halides is 2. The summed E-state index contributed by atoms with van der Waals surface area (Å²) < 4.78 is 33.9. The largest absolute Gasteiger partial charge is 0.435 e. The summed E-state index contributed by atoms with van der Waals surface area (Å²) >= 11 is 0. The lowest BCUT2D eigenvalue weighted by Crippen LogP contribution is -2.37. The van der Waals surface area contributed by atoms with Crippen molar-refractivity contribution < 1.29 is 23.0 Å². The molecule has 0 aromatic heterocycles. The van der Waals surface area contributed by atoms with Gasteiger partial charge in [-0.1, -0.05) is 6.07 Å². The highest BCUT2D eigenvalue weighted by Crippen LogP contribution is 2.19. The number of ether oxygens (including phenoxy) is 2. The highest BCUT2D eigenvalue weighted by atomic mass is 19.3. The molecule has 1 fully saturated rings. The van der Waals surface area contributed by atoms with Crippen molar-refractivity contribution in [3.8, 4) is 5.75 Å². The molecule has 1 aliphatic heterocycles. The lowest BCUT2D eigenvalue weighted by atomic mass is 10.2. The van der Waals surface area contributed by atoms with Crippen LogP contribution in [0.25, 0.3) is 0 Å². The van der Waals surface area contributed by atoms with E-state index in [1.54, 1.807) is 6.07 Å². The summed E-state index contributed by atoms with van der Waals surface area (Å²) in [4.78, 5) is 14.1. The number of nitrogens with zero attached hydrogens (tertiary/aromatic N) is 1. The Labute approximate surface area is 140 Å². The van der Waals surface area contributed by atoms with Crippen LogP contribution < -0.4 is 15.4 Å². The highest BCUT2D eigenvalue weighted by Gasteiger charge is 2.09. The molecule has 2 amide bonds. The minimum absolute atomic E-state index is 0.00770. The van der Waals surface area contributed by atoms with Gasteiger partial charge >= 0.3 is 12.6 Å². The van der Waals surface area contributed by atoms with Gasteiger partial charge in [0.15, 0.2) is 0 Å². The number of carbonyl (C=O) groups is 1. The number of urea groups is 1. The fourth-order valence-electron chi connectivity index (χ4n) is 2.41. The first kappa shape index (κ1) is 18.4. The van der Waals surface area contributed by atoms with Crippen LogP contribution in [-0.2, 0) is 4.74 Å². The van der Waals surface area contributed by atoms with E-state index < -0.39 is 6.61 Å². The molecule has 2 N–H and O–H groups in total. The molecule has 0 unspecified atom stereocenters. The van der Waals surface area contributed by atoms with Crippen molar-refractivity contribution in [2.24, 2.45) is 0 Å². The van der Waals surface area contributed by atoms with Crippen LogP contribution in [0.15, 0.2) is 24.3 Å². The molecule has 1 aliphatic rings. The van der Waals surface area contributed by atoms with Crippen molar-refractivity contribution in [2.75, 3.05) is 44.7 Å². The van der Waals surface area contributed by atoms with Gasteiger partial charge in [0, 0.05) is 31.4 Å². The van der Waals surface area contributed by atoms with Crippen LogP contribution in [-0.4, -0.2) is 56.9 Å². The van der Waals surface area contributed by atoms with Crippen LogP contribution >= 0.6 is 0 Å². The molecule has 2 rings (SSSR count). The summed E-state index contributed by atoms with van der Waals surface area (Å²) in [5.41, 5.74) is 0.402. The zero-order valence-electron chi connectivity index (χ0n) is 13.5. The van der Waals surface area contributed by atoms with Crippen LogP contribution in [0.1, 0.15) is 12.8 Å². The fourth-order valence-corrected chi connectivity index (χ4v) is 2.41. The zero-order chi connectivity index (χ0) is 17.2. The van der Waals surface area contributed by atoms with Crippen LogP contribution in [0.2, 0.25) is 0 Å². The van der Waals surface area contributed by atoms with Gasteiger partial charge in [0.25, 0.3) is 0 Å². The Morgan fingerprint density at radius 1 is 1.29 bits per heavy atom. The quantitative estimate of drug-likeness (QED) is 0.712. The molecule has 24 heavy (non-hydrogen) atoms. The van der Waals surface area contributed by atoms with E-state index in [0.717, 1.165) is 45.7 Å². The summed E-state index contributed by atoms with van der Waals surface area (Å²) in [5.74, 6) is 0.00770. The third kappa shape index (κ3) is 7.10. The number of nitrogens with one attached hydrogen (secondary N) is 2. The molecule has 134 valence electrons. The van der Waals surface area contributed by atoms with E-state index in [2.05, 4.69) is 20.3 Å². The minimum Gasteiger partial charge on any atom is -0.435 e. The fraction of sp³-hybridized carbons (Fsp3) is 0.562. The Hall–Kier alpha value is -1.93. The molecule has 0 spiro atoms. The van der Waals surface area contributed by atoms with Crippen LogP contribution in [0.3, 0.4) is 0 Å². The number of amides is 2. The molecule has 0 aliphatic carbocycles. The number of rotatable bonds is 8. The van der Waals surface area contributed by atoms with Crippen molar-refractivity contribution in [3.63, 3.8) is 0 Å². The second-order valence-electron chi connectivity index (χ2n) is 5.45. The van der Waals surface area contributed by atoms with Crippen LogP contribution in [0.5, 0.6) is 5.75 Å². The first-order valence-corrected chi connectivity index (χ1v) is 8.03. The molecule has 0 atom stereocenters. The molecule has 1 saturated heterocycles. The number of hydrogen-bond acceptors (Lipinski definition) is 4. The molecule has 1 heterocycles. The standard InChI is InChI=1S/C16H23F2N3O3/c17-15(18)24-14-5-3-4-13(12-14)20-16(22)19-6-1-2-7-21-8-10-23-11-9-21/h3-5,12,15H,1-2,6-11H2,(H2,19,20,22). The molecular weight excluding hydrogens is 320 g/mol. The summed E-state index contributed by atoms with van der Waals surface area (Å²) in [6.45, 7) is 2.17. The van der Waals surface area contributed by atoms with Crippen molar-refractivity contribution in [3.05, 3.63) is 24.3 Å². The van der Waals surface area contributed by atoms with Crippen molar-refractivity contribution in [1.29, 1.82) is 0 Å². The maximum absolute atomic E-state index is 12.2. The van der Waals surface area contributed by atoms with Gasteiger partial charge in [0.2, 0.25) is 0 Å². The SMILES string of the molecule is O=C(NCCCCN1CCOCC1)Nc1cccc(OC(F)F)c1. The van der Waals surface area contributed by atoms with E-state index in [9.17, 15) is 13.6 Å². The maximum atomic E-state index is 12.2. The molecule has 1 aromatic rings. The number of carbonyl (C=O) groups excluding carboxylic acids is 1. The lowest BCUT2D eigenvalue weighted by Gasteiger charge is -2.26. The third-order valence-corrected chi connectivity index (χ3v) is 3.61. The number of hydrogen-bond donors (Lipinski definition) is 2. The van der Waals surface area contributed by atoms with E-state index in [0.29, 0.717) is 12.2 Å². The Balaban J connectivity index is 1.60.